The molecule has 0 N–H and O–H groups in total. The maximum absolute atomic E-state index is 11.7. The Hall–Kier alpha value is -1.42. The minimum Gasteiger partial charge on any atom is -0.293 e. The predicted molar refractivity (Wildman–Crippen MR) is 55.6 cm³/mol. The van der Waals surface area contributed by atoms with E-state index in [-0.39, 0.29) is 5.78 Å². The molecule has 0 spiro atoms. The third-order valence-electron chi connectivity index (χ3n) is 1.92. The van der Waals surface area contributed by atoms with Crippen LogP contribution in [-0.2, 0) is 13.5 Å². The quantitative estimate of drug-likeness (QED) is 0.719. The summed E-state index contributed by atoms with van der Waals surface area (Å²) in [5.41, 5.74) is 0.964. The number of nitrogens with zero attached hydrogens (tertiary/aromatic N) is 2. The van der Waals surface area contributed by atoms with Crippen LogP contribution < -0.4 is 0 Å². The minimum atomic E-state index is 0.160. The Morgan fingerprint density at radius 1 is 1.64 bits per heavy atom. The highest BCUT2D eigenvalue weighted by atomic mass is 32.1. The lowest BCUT2D eigenvalue weighted by atomic mass is 10.1. The van der Waals surface area contributed by atoms with Crippen molar-refractivity contribution >= 4 is 17.1 Å². The molecule has 0 amide bonds. The Morgan fingerprint density at radius 2 is 2.50 bits per heavy atom. The van der Waals surface area contributed by atoms with Crippen LogP contribution in [0.25, 0.3) is 0 Å². The maximum Gasteiger partial charge on any atom is 0.177 e. The van der Waals surface area contributed by atoms with Gasteiger partial charge in [0.05, 0.1) is 11.1 Å². The Bertz CT molecular complexity index is 431. The summed E-state index contributed by atoms with van der Waals surface area (Å²) in [5, 5.41) is 5.93. The molecule has 4 heteroatoms. The molecular weight excluding hydrogens is 196 g/mol. The number of carbonyl (C=O) groups is 1. The number of hydrogen-bond acceptors (Lipinski definition) is 3. The highest BCUT2D eigenvalue weighted by Crippen LogP contribution is 2.12. The first-order valence-electron chi connectivity index (χ1n) is 4.30. The zero-order chi connectivity index (χ0) is 9.97. The molecule has 0 fully saturated rings. The van der Waals surface area contributed by atoms with E-state index in [0.717, 1.165) is 10.4 Å². The van der Waals surface area contributed by atoms with Gasteiger partial charge < -0.3 is 0 Å². The molecule has 0 radical (unpaired) electrons. The van der Waals surface area contributed by atoms with Gasteiger partial charge in [-0.25, -0.2) is 0 Å². The number of aromatic nitrogens is 2. The number of aryl methyl sites for hydroxylation is 1. The molecule has 0 aliphatic rings. The third-order valence-corrected chi connectivity index (χ3v) is 2.83. The van der Waals surface area contributed by atoms with Crippen molar-refractivity contribution in [1.29, 1.82) is 0 Å². The molecular formula is C10H10N2OS. The summed E-state index contributed by atoms with van der Waals surface area (Å²) in [6, 6.07) is 3.74. The smallest absolute Gasteiger partial charge is 0.177 e. The number of Topliss-reactive ketones (excluding diaryl/α,β-unsaturated/α-hetero) is 1. The topological polar surface area (TPSA) is 34.9 Å². The molecule has 2 aromatic heterocycles. The van der Waals surface area contributed by atoms with Crippen molar-refractivity contribution in [2.45, 2.75) is 6.42 Å². The van der Waals surface area contributed by atoms with E-state index in [0.29, 0.717) is 6.42 Å². The van der Waals surface area contributed by atoms with Crippen molar-refractivity contribution in [3.8, 4) is 0 Å². The highest BCUT2D eigenvalue weighted by molar-refractivity contribution is 7.12. The molecule has 0 unspecified atom stereocenters. The van der Waals surface area contributed by atoms with Crippen molar-refractivity contribution in [3.05, 3.63) is 40.3 Å². The van der Waals surface area contributed by atoms with Gasteiger partial charge in [0.2, 0.25) is 0 Å². The number of rotatable bonds is 3. The lowest BCUT2D eigenvalue weighted by molar-refractivity contribution is 0.0997. The van der Waals surface area contributed by atoms with Crippen LogP contribution in [0.4, 0.5) is 0 Å². The van der Waals surface area contributed by atoms with Crippen molar-refractivity contribution in [1.82, 2.24) is 9.78 Å². The summed E-state index contributed by atoms with van der Waals surface area (Å²) in [6.45, 7) is 0. The van der Waals surface area contributed by atoms with E-state index in [1.54, 1.807) is 10.9 Å². The predicted octanol–water partition coefficient (Wildman–Crippen LogP) is 1.91. The lowest BCUT2D eigenvalue weighted by Gasteiger charge is -1.93. The van der Waals surface area contributed by atoms with Crippen molar-refractivity contribution < 1.29 is 4.79 Å². The highest BCUT2D eigenvalue weighted by Gasteiger charge is 2.08. The summed E-state index contributed by atoms with van der Waals surface area (Å²) in [6.07, 6.45) is 4.03. The van der Waals surface area contributed by atoms with Crippen LogP contribution in [0.15, 0.2) is 29.9 Å². The first kappa shape index (κ1) is 9.15. The lowest BCUT2D eigenvalue weighted by Crippen LogP contribution is -1.99. The summed E-state index contributed by atoms with van der Waals surface area (Å²) < 4.78 is 1.71. The second-order valence-electron chi connectivity index (χ2n) is 3.10. The summed E-state index contributed by atoms with van der Waals surface area (Å²) >= 11 is 1.48. The van der Waals surface area contributed by atoms with E-state index in [1.807, 2.05) is 30.8 Å². The van der Waals surface area contributed by atoms with Crippen LogP contribution in [0.3, 0.4) is 0 Å². The van der Waals surface area contributed by atoms with Crippen molar-refractivity contribution in [3.63, 3.8) is 0 Å². The van der Waals surface area contributed by atoms with Crippen molar-refractivity contribution in [2.24, 2.45) is 7.05 Å². The molecule has 0 atom stereocenters. The molecule has 0 aliphatic heterocycles. The normalized spacial score (nSPS) is 10.4. The van der Waals surface area contributed by atoms with E-state index in [1.165, 1.54) is 11.3 Å². The van der Waals surface area contributed by atoms with E-state index in [9.17, 15) is 4.79 Å². The van der Waals surface area contributed by atoms with Gasteiger partial charge in [-0.05, 0) is 17.0 Å². The number of thiophene rings is 1. The number of ketones is 1. The van der Waals surface area contributed by atoms with Crippen LogP contribution in [-0.4, -0.2) is 15.6 Å². The first-order valence-corrected chi connectivity index (χ1v) is 5.18. The molecule has 0 aromatic carbocycles. The molecule has 2 aromatic rings. The zero-order valence-corrected chi connectivity index (χ0v) is 8.62. The summed E-state index contributed by atoms with van der Waals surface area (Å²) in [5.74, 6) is 0.160. The Morgan fingerprint density at radius 3 is 3.07 bits per heavy atom. The van der Waals surface area contributed by atoms with Gasteiger partial charge in [0.1, 0.15) is 0 Å². The van der Waals surface area contributed by atoms with E-state index in [4.69, 9.17) is 0 Å². The van der Waals surface area contributed by atoms with Gasteiger partial charge in [-0.2, -0.15) is 5.10 Å². The first-order chi connectivity index (χ1) is 6.75. The molecule has 0 saturated carbocycles. The van der Waals surface area contributed by atoms with Crippen LogP contribution >= 0.6 is 11.3 Å². The van der Waals surface area contributed by atoms with Gasteiger partial charge in [-0.3, -0.25) is 9.48 Å². The fourth-order valence-corrected chi connectivity index (χ4v) is 1.94. The fraction of sp³-hybridized carbons (Fsp3) is 0.200. The molecule has 0 bridgehead atoms. The zero-order valence-electron chi connectivity index (χ0n) is 7.80. The van der Waals surface area contributed by atoms with Crippen LogP contribution in [0.5, 0.6) is 0 Å². The van der Waals surface area contributed by atoms with E-state index >= 15 is 0 Å². The van der Waals surface area contributed by atoms with Crippen molar-refractivity contribution in [2.75, 3.05) is 0 Å². The number of hydrogen-bond donors (Lipinski definition) is 0. The molecule has 2 heterocycles. The second-order valence-corrected chi connectivity index (χ2v) is 4.05. The van der Waals surface area contributed by atoms with Gasteiger partial charge in [-0.1, -0.05) is 6.07 Å². The SMILES string of the molecule is Cn1cc(CC(=O)c2cccs2)cn1. The van der Waals surface area contributed by atoms with Crippen LogP contribution in [0.1, 0.15) is 15.2 Å². The minimum absolute atomic E-state index is 0.160. The molecule has 14 heavy (non-hydrogen) atoms. The van der Waals surface area contributed by atoms with Crippen LogP contribution in [0, 0.1) is 0 Å². The molecule has 2 rings (SSSR count). The molecule has 72 valence electrons. The monoisotopic (exact) mass is 206 g/mol. The summed E-state index contributed by atoms with van der Waals surface area (Å²) in [7, 11) is 1.85. The number of carbonyl (C=O) groups excluding carboxylic acids is 1. The fourth-order valence-electron chi connectivity index (χ4n) is 1.27. The average Bonchev–Trinajstić information content (AvgIpc) is 2.75. The van der Waals surface area contributed by atoms with E-state index < -0.39 is 0 Å². The van der Waals surface area contributed by atoms with Gasteiger partial charge >= 0.3 is 0 Å². The maximum atomic E-state index is 11.7. The van der Waals surface area contributed by atoms with E-state index in [2.05, 4.69) is 5.10 Å². The molecule has 0 saturated heterocycles. The standard InChI is InChI=1S/C10H10N2OS/c1-12-7-8(6-11-12)5-9(13)10-3-2-4-14-10/h2-4,6-7H,5H2,1H3. The Balaban J connectivity index is 2.09. The van der Waals surface area contributed by atoms with Gasteiger partial charge in [0.25, 0.3) is 0 Å². The third kappa shape index (κ3) is 1.90. The Kier molecular flexibility index (Phi) is 2.45. The van der Waals surface area contributed by atoms with Gasteiger partial charge in [0, 0.05) is 19.7 Å². The Labute approximate surface area is 86.0 Å². The molecule has 0 aliphatic carbocycles. The average molecular weight is 206 g/mol. The summed E-state index contributed by atoms with van der Waals surface area (Å²) in [4.78, 5) is 12.5. The largest absolute Gasteiger partial charge is 0.293 e. The van der Waals surface area contributed by atoms with Gasteiger partial charge in [-0.15, -0.1) is 11.3 Å². The second kappa shape index (κ2) is 3.75. The van der Waals surface area contributed by atoms with Crippen LogP contribution in [0.2, 0.25) is 0 Å². The van der Waals surface area contributed by atoms with Gasteiger partial charge in [0.15, 0.2) is 5.78 Å². The molecule has 3 nitrogen and oxygen atoms in total.